The summed E-state index contributed by atoms with van der Waals surface area (Å²) in [7, 11) is 0. The number of hydrogen-bond donors (Lipinski definition) is 0. The van der Waals surface area contributed by atoms with E-state index in [-0.39, 0.29) is 5.69 Å². The zero-order valence-corrected chi connectivity index (χ0v) is 12.0. The summed E-state index contributed by atoms with van der Waals surface area (Å²) < 4.78 is 0.736. The molecule has 0 spiro atoms. The number of carbonyl (C=O) groups is 1. The molecule has 0 atom stereocenters. The van der Waals surface area contributed by atoms with Crippen LogP contribution in [-0.2, 0) is 0 Å². The van der Waals surface area contributed by atoms with Crippen molar-refractivity contribution in [3.05, 3.63) is 62.6 Å². The maximum Gasteiger partial charge on any atom is 0.283 e. The van der Waals surface area contributed by atoms with E-state index in [0.717, 1.165) is 15.7 Å². The Morgan fingerprint density at radius 3 is 2.53 bits per heavy atom. The van der Waals surface area contributed by atoms with Crippen LogP contribution in [0.3, 0.4) is 0 Å². The molecule has 96 valence electrons. The lowest BCUT2D eigenvalue weighted by Gasteiger charge is -2.05. The topological polar surface area (TPSA) is 60.2 Å². The molecule has 0 saturated carbocycles. The van der Waals surface area contributed by atoms with Gasteiger partial charge in [0.2, 0.25) is 0 Å². The van der Waals surface area contributed by atoms with Crippen molar-refractivity contribution in [2.75, 3.05) is 0 Å². The predicted molar refractivity (Wildman–Crippen MR) is 76.7 cm³/mol. The van der Waals surface area contributed by atoms with Crippen LogP contribution in [0.5, 0.6) is 0 Å². The van der Waals surface area contributed by atoms with Gasteiger partial charge in [0.25, 0.3) is 5.69 Å². The van der Waals surface area contributed by atoms with E-state index in [1.165, 1.54) is 17.8 Å². The van der Waals surface area contributed by atoms with E-state index in [9.17, 15) is 14.9 Å². The fourth-order valence-corrected chi connectivity index (χ4v) is 3.05. The minimum absolute atomic E-state index is 0.0684. The number of nitro benzene ring substituents is 1. The summed E-state index contributed by atoms with van der Waals surface area (Å²) in [6.07, 6.45) is 0.754. The Bertz CT molecular complexity index is 646. The molecule has 0 saturated heterocycles. The fourth-order valence-electron chi connectivity index (χ4n) is 1.49. The number of nitrogens with zero attached hydrogens (tertiary/aromatic N) is 1. The van der Waals surface area contributed by atoms with Crippen molar-refractivity contribution in [1.82, 2.24) is 0 Å². The third-order valence-corrected chi connectivity index (χ3v) is 4.43. The van der Waals surface area contributed by atoms with E-state index in [1.807, 2.05) is 0 Å². The van der Waals surface area contributed by atoms with E-state index in [1.54, 1.807) is 36.4 Å². The van der Waals surface area contributed by atoms with Gasteiger partial charge in [-0.15, -0.1) is 0 Å². The monoisotopic (exact) mass is 337 g/mol. The van der Waals surface area contributed by atoms with Gasteiger partial charge in [-0.3, -0.25) is 14.9 Å². The average Bonchev–Trinajstić information content (AvgIpc) is 2.41. The smallest absolute Gasteiger partial charge is 0.283 e. The van der Waals surface area contributed by atoms with Gasteiger partial charge in [0.15, 0.2) is 0 Å². The Hall–Kier alpha value is -1.66. The Morgan fingerprint density at radius 2 is 1.89 bits per heavy atom. The molecule has 0 aromatic heterocycles. The first-order valence-electron chi connectivity index (χ1n) is 5.28. The van der Waals surface area contributed by atoms with Gasteiger partial charge in [-0.05, 0) is 34.1 Å². The van der Waals surface area contributed by atoms with Crippen LogP contribution in [0, 0.1) is 10.1 Å². The summed E-state index contributed by atoms with van der Waals surface area (Å²) in [6.45, 7) is 0. The molecule has 2 aromatic carbocycles. The lowest BCUT2D eigenvalue weighted by molar-refractivity contribution is -0.387. The van der Waals surface area contributed by atoms with Crippen LogP contribution in [0.2, 0.25) is 0 Å². The number of benzene rings is 2. The number of nitro groups is 1. The van der Waals surface area contributed by atoms with E-state index in [0.29, 0.717) is 10.5 Å². The van der Waals surface area contributed by atoms with Gasteiger partial charge in [-0.25, -0.2) is 0 Å². The van der Waals surface area contributed by atoms with Gasteiger partial charge < -0.3 is 0 Å². The number of carbonyl (C=O) groups excluding carboxylic acids is 1. The molecule has 0 N–H and O–H groups in total. The van der Waals surface area contributed by atoms with Gasteiger partial charge in [-0.1, -0.05) is 30.0 Å². The lowest BCUT2D eigenvalue weighted by atomic mass is 10.2. The van der Waals surface area contributed by atoms with Crippen LogP contribution in [-0.4, -0.2) is 11.2 Å². The first-order chi connectivity index (χ1) is 9.11. The minimum Gasteiger partial charge on any atom is -0.298 e. The number of para-hydroxylation sites is 1. The van der Waals surface area contributed by atoms with Gasteiger partial charge in [0.05, 0.1) is 9.82 Å². The average molecular weight is 338 g/mol. The van der Waals surface area contributed by atoms with Crippen LogP contribution in [0.25, 0.3) is 0 Å². The summed E-state index contributed by atoms with van der Waals surface area (Å²) in [6, 6.07) is 11.7. The summed E-state index contributed by atoms with van der Waals surface area (Å²) in [5, 5.41) is 10.9. The first-order valence-corrected chi connectivity index (χ1v) is 6.89. The third-order valence-electron chi connectivity index (χ3n) is 2.37. The van der Waals surface area contributed by atoms with Crippen LogP contribution in [0.15, 0.2) is 56.7 Å². The normalized spacial score (nSPS) is 10.2. The maximum atomic E-state index is 10.9. The van der Waals surface area contributed by atoms with E-state index in [2.05, 4.69) is 15.9 Å². The maximum absolute atomic E-state index is 10.9. The Labute approximate surface area is 122 Å². The molecule has 6 heteroatoms. The molecule has 0 amide bonds. The molecule has 2 aromatic rings. The number of halogens is 1. The molecule has 0 heterocycles. The molecule has 0 fully saturated rings. The molecule has 19 heavy (non-hydrogen) atoms. The molecule has 0 bridgehead atoms. The highest BCUT2D eigenvalue weighted by Crippen LogP contribution is 2.38. The molecule has 0 radical (unpaired) electrons. The van der Waals surface area contributed by atoms with Crippen LogP contribution in [0.4, 0.5) is 5.69 Å². The molecule has 0 aliphatic heterocycles. The van der Waals surface area contributed by atoms with Crippen LogP contribution < -0.4 is 0 Å². The first kappa shape index (κ1) is 13.8. The van der Waals surface area contributed by atoms with Crippen molar-refractivity contribution in [2.45, 2.75) is 9.79 Å². The molecular weight excluding hydrogens is 330 g/mol. The molecular formula is C13H8BrNO3S. The highest BCUT2D eigenvalue weighted by atomic mass is 79.9. The minimum atomic E-state index is -0.407. The van der Waals surface area contributed by atoms with Crippen molar-refractivity contribution in [1.29, 1.82) is 0 Å². The second-order valence-corrected chi connectivity index (χ2v) is 5.57. The fraction of sp³-hybridized carbons (Fsp3) is 0. The molecule has 4 nitrogen and oxygen atoms in total. The third kappa shape index (κ3) is 3.21. The second kappa shape index (κ2) is 5.99. The van der Waals surface area contributed by atoms with Crippen LogP contribution in [0.1, 0.15) is 10.4 Å². The largest absolute Gasteiger partial charge is 0.298 e. The lowest BCUT2D eigenvalue weighted by Crippen LogP contribution is -1.90. The van der Waals surface area contributed by atoms with E-state index < -0.39 is 4.92 Å². The zero-order valence-electron chi connectivity index (χ0n) is 9.58. The van der Waals surface area contributed by atoms with E-state index in [4.69, 9.17) is 0 Å². The van der Waals surface area contributed by atoms with Crippen molar-refractivity contribution < 1.29 is 9.72 Å². The summed E-state index contributed by atoms with van der Waals surface area (Å²) in [5.41, 5.74) is 0.623. The van der Waals surface area contributed by atoms with E-state index >= 15 is 0 Å². The summed E-state index contributed by atoms with van der Waals surface area (Å²) in [4.78, 5) is 22.6. The Balaban J connectivity index is 2.36. The van der Waals surface area contributed by atoms with Gasteiger partial charge in [0, 0.05) is 21.0 Å². The number of rotatable bonds is 4. The molecule has 0 aliphatic carbocycles. The SMILES string of the molecule is O=Cc1ccc(Sc2ccccc2[N+](=O)[O-])c(Br)c1. The molecule has 2 rings (SSSR count). The molecule has 0 aliphatic rings. The predicted octanol–water partition coefficient (Wildman–Crippen LogP) is 4.32. The quantitative estimate of drug-likeness (QED) is 0.473. The number of hydrogen-bond acceptors (Lipinski definition) is 4. The standard InChI is InChI=1S/C13H8BrNO3S/c14-10-7-9(8-16)5-6-12(10)19-13-4-2-1-3-11(13)15(17)18/h1-8H. The van der Waals surface area contributed by atoms with Gasteiger partial charge in [-0.2, -0.15) is 0 Å². The van der Waals surface area contributed by atoms with Crippen LogP contribution >= 0.6 is 27.7 Å². The van der Waals surface area contributed by atoms with Gasteiger partial charge in [0.1, 0.15) is 6.29 Å². The van der Waals surface area contributed by atoms with Crippen molar-refractivity contribution in [3.63, 3.8) is 0 Å². The summed E-state index contributed by atoms with van der Waals surface area (Å²) >= 11 is 4.64. The zero-order chi connectivity index (χ0) is 13.8. The Morgan fingerprint density at radius 1 is 1.16 bits per heavy atom. The van der Waals surface area contributed by atoms with Crippen molar-refractivity contribution in [2.24, 2.45) is 0 Å². The van der Waals surface area contributed by atoms with Crippen molar-refractivity contribution >= 4 is 39.7 Å². The summed E-state index contributed by atoms with van der Waals surface area (Å²) in [5.74, 6) is 0. The highest BCUT2D eigenvalue weighted by molar-refractivity contribution is 9.10. The highest BCUT2D eigenvalue weighted by Gasteiger charge is 2.14. The second-order valence-electron chi connectivity index (χ2n) is 3.63. The van der Waals surface area contributed by atoms with Crippen molar-refractivity contribution in [3.8, 4) is 0 Å². The number of aldehydes is 1. The Kier molecular flexibility index (Phi) is 4.34. The molecule has 0 unspecified atom stereocenters. The van der Waals surface area contributed by atoms with Gasteiger partial charge >= 0.3 is 0 Å².